The first-order chi connectivity index (χ1) is 31.8. The molecule has 1 aliphatic carbocycles. The average Bonchev–Trinajstić information content (AvgIpc) is 3.36. The van der Waals surface area contributed by atoms with Crippen molar-refractivity contribution < 1.29 is 0 Å². The van der Waals surface area contributed by atoms with Gasteiger partial charge >= 0.3 is 0 Å². The molecule has 0 amide bonds. The maximum atomic E-state index is 4.99. The third-order valence-corrected chi connectivity index (χ3v) is 12.6. The van der Waals surface area contributed by atoms with E-state index in [-0.39, 0.29) is 5.92 Å². The fourth-order valence-electron chi connectivity index (χ4n) is 9.26. The van der Waals surface area contributed by atoms with Crippen molar-refractivity contribution in [3.8, 4) is 55.6 Å². The molecular formula is C65H58. The summed E-state index contributed by atoms with van der Waals surface area (Å²) in [5, 5.41) is 0. The number of hydrogen-bond donors (Lipinski definition) is 0. The molecule has 9 aromatic rings. The first-order valence-corrected chi connectivity index (χ1v) is 23.0. The molecule has 0 nitrogen and oxygen atoms in total. The van der Waals surface area contributed by atoms with E-state index in [0.717, 1.165) is 5.57 Å². The summed E-state index contributed by atoms with van der Waals surface area (Å²) < 4.78 is 0. The van der Waals surface area contributed by atoms with Crippen LogP contribution in [0.4, 0.5) is 0 Å². The molecule has 318 valence electrons. The third-order valence-electron chi connectivity index (χ3n) is 12.6. The Hall–Kier alpha value is -7.54. The molecule has 0 fully saturated rings. The maximum absolute atomic E-state index is 4.99. The molecule has 0 aliphatic heterocycles. The van der Waals surface area contributed by atoms with Crippen molar-refractivity contribution in [2.75, 3.05) is 0 Å². The van der Waals surface area contributed by atoms with E-state index in [1.165, 1.54) is 106 Å². The minimum atomic E-state index is -0.0884. The van der Waals surface area contributed by atoms with E-state index in [2.05, 4.69) is 234 Å². The van der Waals surface area contributed by atoms with Gasteiger partial charge < -0.3 is 0 Å². The lowest BCUT2D eigenvalue weighted by molar-refractivity contribution is 1.09. The maximum Gasteiger partial charge on any atom is 0.0355 e. The number of aryl methyl sites for hydroxylation is 3. The number of benzene rings is 9. The zero-order valence-corrected chi connectivity index (χ0v) is 38.6. The fourth-order valence-corrected chi connectivity index (χ4v) is 9.26. The van der Waals surface area contributed by atoms with Crippen molar-refractivity contribution in [3.05, 3.63) is 269 Å². The highest BCUT2D eigenvalue weighted by atomic mass is 14.4. The quantitative estimate of drug-likeness (QED) is 0.150. The van der Waals surface area contributed by atoms with Gasteiger partial charge in [0.2, 0.25) is 0 Å². The van der Waals surface area contributed by atoms with Gasteiger partial charge in [-0.3, -0.25) is 0 Å². The lowest BCUT2D eigenvalue weighted by Gasteiger charge is -2.33. The van der Waals surface area contributed by atoms with Crippen molar-refractivity contribution in [3.63, 3.8) is 0 Å². The molecule has 0 heteroatoms. The van der Waals surface area contributed by atoms with E-state index in [9.17, 15) is 0 Å². The Balaban J connectivity index is 0.000000580. The van der Waals surface area contributed by atoms with Gasteiger partial charge in [-0.2, -0.15) is 0 Å². The van der Waals surface area contributed by atoms with Gasteiger partial charge in [0.1, 0.15) is 0 Å². The van der Waals surface area contributed by atoms with Gasteiger partial charge in [0.25, 0.3) is 0 Å². The normalized spacial score (nSPS) is 12.7. The summed E-state index contributed by atoms with van der Waals surface area (Å²) in [6.07, 6.45) is 2.45. The molecule has 0 saturated carbocycles. The first kappa shape index (κ1) is 44.1. The van der Waals surface area contributed by atoms with E-state index in [4.69, 9.17) is 6.58 Å². The first-order valence-electron chi connectivity index (χ1n) is 23.0. The highest BCUT2D eigenvalue weighted by molar-refractivity contribution is 6.03. The van der Waals surface area contributed by atoms with Gasteiger partial charge in [0.05, 0.1) is 0 Å². The van der Waals surface area contributed by atoms with Gasteiger partial charge in [-0.1, -0.05) is 226 Å². The predicted molar refractivity (Wildman–Crippen MR) is 283 cm³/mol. The molecule has 0 heterocycles. The SMILES string of the molecule is C=C1c2ccc(-c3ccccc3)cc2C=C(c2cccc(-c3cccc(-c4ccccc4)c3)c2)C1c1c(-c2ccccc2C)ccc(-c2ccccc2C)c1C.CC.Cc1ccccc1. The van der Waals surface area contributed by atoms with Crippen molar-refractivity contribution >= 4 is 17.2 Å². The van der Waals surface area contributed by atoms with Crippen LogP contribution in [-0.4, -0.2) is 0 Å². The van der Waals surface area contributed by atoms with Crippen LogP contribution in [0.5, 0.6) is 0 Å². The second-order valence-corrected chi connectivity index (χ2v) is 16.7. The van der Waals surface area contributed by atoms with Crippen molar-refractivity contribution in [1.82, 2.24) is 0 Å². The second kappa shape index (κ2) is 20.3. The van der Waals surface area contributed by atoms with Crippen LogP contribution in [0.1, 0.15) is 64.3 Å². The fraction of sp³-hybridized carbons (Fsp3) is 0.108. The Morgan fingerprint density at radius 1 is 0.338 bits per heavy atom. The van der Waals surface area contributed by atoms with E-state index in [1.54, 1.807) is 0 Å². The van der Waals surface area contributed by atoms with Gasteiger partial charge in [-0.25, -0.2) is 0 Å². The highest BCUT2D eigenvalue weighted by Gasteiger charge is 2.32. The summed E-state index contributed by atoms with van der Waals surface area (Å²) in [5.74, 6) is -0.0884. The van der Waals surface area contributed by atoms with Crippen LogP contribution in [0.3, 0.4) is 0 Å². The Morgan fingerprint density at radius 3 is 1.29 bits per heavy atom. The molecular weight excluding hydrogens is 781 g/mol. The molecule has 1 aliphatic rings. The predicted octanol–water partition coefficient (Wildman–Crippen LogP) is 18.3. The molecule has 0 radical (unpaired) electrons. The molecule has 65 heavy (non-hydrogen) atoms. The summed E-state index contributed by atoms with van der Waals surface area (Å²) in [5.41, 5.74) is 24.7. The van der Waals surface area contributed by atoms with Crippen LogP contribution in [0.2, 0.25) is 0 Å². The van der Waals surface area contributed by atoms with Crippen molar-refractivity contribution in [2.24, 2.45) is 0 Å². The van der Waals surface area contributed by atoms with Crippen molar-refractivity contribution in [1.29, 1.82) is 0 Å². The summed E-state index contributed by atoms with van der Waals surface area (Å²) in [6.45, 7) is 17.8. The second-order valence-electron chi connectivity index (χ2n) is 16.7. The molecule has 0 aromatic heterocycles. The Kier molecular flexibility index (Phi) is 13.8. The lowest BCUT2D eigenvalue weighted by Crippen LogP contribution is -2.13. The Labute approximate surface area is 388 Å². The van der Waals surface area contributed by atoms with Crippen molar-refractivity contribution in [2.45, 2.75) is 47.5 Å². The minimum Gasteiger partial charge on any atom is -0.0942 e. The molecule has 0 bridgehead atoms. The molecule has 1 atom stereocenters. The number of hydrogen-bond acceptors (Lipinski definition) is 0. The number of rotatable bonds is 7. The van der Waals surface area contributed by atoms with E-state index >= 15 is 0 Å². The summed E-state index contributed by atoms with van der Waals surface area (Å²) >= 11 is 0. The van der Waals surface area contributed by atoms with Crippen LogP contribution < -0.4 is 0 Å². The zero-order valence-electron chi connectivity index (χ0n) is 38.6. The average molecular weight is 839 g/mol. The van der Waals surface area contributed by atoms with Gasteiger partial charge in [0.15, 0.2) is 0 Å². The van der Waals surface area contributed by atoms with Crippen LogP contribution in [0.15, 0.2) is 225 Å². The third kappa shape index (κ3) is 9.54. The molecule has 9 aromatic carbocycles. The monoisotopic (exact) mass is 838 g/mol. The molecule has 1 unspecified atom stereocenters. The minimum absolute atomic E-state index is 0.0884. The standard InChI is InChI=1S/C56H44.C7H8.C2H6/c1-37-17-11-13-27-49(37)52-31-32-53(50-28-14-12-18-38(50)2)55(40(52)4)56-39(3)51-30-29-46(42-21-9-6-10-22-42)35-48(51)36-54(56)47-26-16-25-45(34-47)44-24-15-23-43(33-44)41-19-7-5-8-20-41;1-7-5-3-2-4-6-7;1-2/h5-36,56H,3H2,1-2,4H3;2-6H,1H3;1-2H3. The molecule has 0 N–H and O–H groups in total. The zero-order chi connectivity index (χ0) is 45.3. The molecule has 0 spiro atoms. The summed E-state index contributed by atoms with van der Waals surface area (Å²) in [6, 6.07) is 78.8. The van der Waals surface area contributed by atoms with E-state index < -0.39 is 0 Å². The van der Waals surface area contributed by atoms with E-state index in [1.807, 2.05) is 32.0 Å². The van der Waals surface area contributed by atoms with Gasteiger partial charge in [-0.15, -0.1) is 0 Å². The highest BCUT2D eigenvalue weighted by Crippen LogP contribution is 2.53. The van der Waals surface area contributed by atoms with E-state index in [0.29, 0.717) is 0 Å². The van der Waals surface area contributed by atoms with Crippen LogP contribution in [0, 0.1) is 27.7 Å². The smallest absolute Gasteiger partial charge is 0.0355 e. The molecule has 0 saturated heterocycles. The largest absolute Gasteiger partial charge is 0.0942 e. The topological polar surface area (TPSA) is 0 Å². The number of allylic oxidation sites excluding steroid dienone is 2. The van der Waals surface area contributed by atoms with Gasteiger partial charge in [-0.05, 0) is 158 Å². The molecule has 10 rings (SSSR count). The Morgan fingerprint density at radius 2 is 0.754 bits per heavy atom. The van der Waals surface area contributed by atoms with Crippen LogP contribution >= 0.6 is 0 Å². The Bertz CT molecular complexity index is 3090. The summed E-state index contributed by atoms with van der Waals surface area (Å²) in [7, 11) is 0. The van der Waals surface area contributed by atoms with Gasteiger partial charge in [0, 0.05) is 5.92 Å². The van der Waals surface area contributed by atoms with Crippen LogP contribution in [0.25, 0.3) is 72.9 Å². The lowest BCUT2D eigenvalue weighted by atomic mass is 9.69. The van der Waals surface area contributed by atoms with Crippen LogP contribution in [-0.2, 0) is 0 Å². The number of fused-ring (bicyclic) bond motifs is 1. The summed E-state index contributed by atoms with van der Waals surface area (Å²) in [4.78, 5) is 0.